The summed E-state index contributed by atoms with van der Waals surface area (Å²) in [5.41, 5.74) is 5.24. The first-order valence-corrected chi connectivity index (χ1v) is 5.80. The van der Waals surface area contributed by atoms with Crippen LogP contribution in [0.2, 0.25) is 0 Å². The number of rotatable bonds is 7. The Morgan fingerprint density at radius 1 is 1.54 bits per heavy atom. The molecule has 3 N–H and O–H groups in total. The Labute approximate surface area is 84.8 Å². The second-order valence-electron chi connectivity index (χ2n) is 3.06. The van der Waals surface area contributed by atoms with E-state index < -0.39 is 0 Å². The highest BCUT2D eigenvalue weighted by Gasteiger charge is 2.14. The first-order valence-electron chi connectivity index (χ1n) is 4.76. The minimum absolute atomic E-state index is 0.177. The highest BCUT2D eigenvalue weighted by molar-refractivity contribution is 7.99. The van der Waals surface area contributed by atoms with Gasteiger partial charge in [0.05, 0.1) is 6.04 Å². The monoisotopic (exact) mass is 204 g/mol. The van der Waals surface area contributed by atoms with Gasteiger partial charge in [0.1, 0.15) is 0 Å². The average molecular weight is 204 g/mol. The summed E-state index contributed by atoms with van der Waals surface area (Å²) in [6.07, 6.45) is 1.13. The Morgan fingerprint density at radius 2 is 2.15 bits per heavy atom. The summed E-state index contributed by atoms with van der Waals surface area (Å²) in [4.78, 5) is 10.9. The molecule has 1 amide bonds. The molecule has 0 saturated heterocycles. The molecule has 0 heterocycles. The molecule has 0 aliphatic carbocycles. The van der Waals surface area contributed by atoms with Gasteiger partial charge in [0.25, 0.3) is 0 Å². The second-order valence-corrected chi connectivity index (χ2v) is 4.54. The molecule has 0 aliphatic heterocycles. The highest BCUT2D eigenvalue weighted by Crippen LogP contribution is 2.14. The van der Waals surface area contributed by atoms with E-state index in [1.54, 1.807) is 11.8 Å². The van der Waals surface area contributed by atoms with Crippen LogP contribution in [-0.2, 0) is 4.79 Å². The van der Waals surface area contributed by atoms with Crippen LogP contribution in [-0.4, -0.2) is 29.5 Å². The summed E-state index contributed by atoms with van der Waals surface area (Å²) in [5.74, 6) is 0.524. The summed E-state index contributed by atoms with van der Waals surface area (Å²) in [6, 6.07) is -0.177. The van der Waals surface area contributed by atoms with Crippen LogP contribution in [0.5, 0.6) is 0 Å². The standard InChI is InChI=1S/C9H20N2OS/c1-4-7(3)13-6-8(9(10)12)11-5-2/h7-8,11H,4-6H2,1-3H3,(H2,10,12). The van der Waals surface area contributed by atoms with Crippen LogP contribution in [0, 0.1) is 0 Å². The Kier molecular flexibility index (Phi) is 7.09. The summed E-state index contributed by atoms with van der Waals surface area (Å²) >= 11 is 1.79. The van der Waals surface area contributed by atoms with Gasteiger partial charge in [-0.3, -0.25) is 4.79 Å². The molecule has 0 radical (unpaired) electrons. The lowest BCUT2D eigenvalue weighted by Gasteiger charge is -2.15. The molecule has 0 saturated carbocycles. The van der Waals surface area contributed by atoms with Gasteiger partial charge in [-0.2, -0.15) is 11.8 Å². The van der Waals surface area contributed by atoms with Gasteiger partial charge >= 0.3 is 0 Å². The summed E-state index contributed by atoms with van der Waals surface area (Å²) < 4.78 is 0. The second kappa shape index (κ2) is 7.21. The fourth-order valence-electron chi connectivity index (χ4n) is 0.866. The maximum absolute atomic E-state index is 10.9. The highest BCUT2D eigenvalue weighted by atomic mass is 32.2. The minimum Gasteiger partial charge on any atom is -0.368 e. The van der Waals surface area contributed by atoms with E-state index in [2.05, 4.69) is 19.2 Å². The summed E-state index contributed by atoms with van der Waals surface area (Å²) in [6.45, 7) is 7.07. The first-order chi connectivity index (χ1) is 6.11. The van der Waals surface area contributed by atoms with Gasteiger partial charge in [0.2, 0.25) is 5.91 Å². The molecule has 2 atom stereocenters. The van der Waals surface area contributed by atoms with E-state index in [0.29, 0.717) is 5.25 Å². The zero-order valence-corrected chi connectivity index (χ0v) is 9.49. The van der Waals surface area contributed by atoms with E-state index in [-0.39, 0.29) is 11.9 Å². The number of hydrogen-bond donors (Lipinski definition) is 2. The Morgan fingerprint density at radius 3 is 2.54 bits per heavy atom. The van der Waals surface area contributed by atoms with Crippen molar-refractivity contribution in [3.63, 3.8) is 0 Å². The molecule has 2 unspecified atom stereocenters. The smallest absolute Gasteiger partial charge is 0.235 e. The number of carbonyl (C=O) groups excluding carboxylic acids is 1. The normalized spacial score (nSPS) is 15.3. The fourth-order valence-corrected chi connectivity index (χ4v) is 1.91. The van der Waals surface area contributed by atoms with Crippen LogP contribution in [0.3, 0.4) is 0 Å². The van der Waals surface area contributed by atoms with Crippen LogP contribution in [0.4, 0.5) is 0 Å². The van der Waals surface area contributed by atoms with Crippen molar-refractivity contribution in [1.29, 1.82) is 0 Å². The van der Waals surface area contributed by atoms with Crippen LogP contribution in [0.1, 0.15) is 27.2 Å². The van der Waals surface area contributed by atoms with Crippen molar-refractivity contribution in [2.45, 2.75) is 38.5 Å². The van der Waals surface area contributed by atoms with Gasteiger partial charge < -0.3 is 11.1 Å². The molecule has 13 heavy (non-hydrogen) atoms. The lowest BCUT2D eigenvalue weighted by Crippen LogP contribution is -2.43. The Balaban J connectivity index is 3.75. The minimum atomic E-state index is -0.252. The molecular weight excluding hydrogens is 184 g/mol. The van der Waals surface area contributed by atoms with Crippen LogP contribution in [0.15, 0.2) is 0 Å². The molecule has 0 spiro atoms. The number of hydrogen-bond acceptors (Lipinski definition) is 3. The predicted molar refractivity (Wildman–Crippen MR) is 58.9 cm³/mol. The van der Waals surface area contributed by atoms with E-state index in [0.717, 1.165) is 18.7 Å². The number of primary amides is 1. The van der Waals surface area contributed by atoms with Crippen molar-refractivity contribution in [3.05, 3.63) is 0 Å². The number of likely N-dealkylation sites (N-methyl/N-ethyl adjacent to an activating group) is 1. The number of amides is 1. The third-order valence-electron chi connectivity index (χ3n) is 1.92. The van der Waals surface area contributed by atoms with Crippen molar-refractivity contribution in [1.82, 2.24) is 5.32 Å². The largest absolute Gasteiger partial charge is 0.368 e. The van der Waals surface area contributed by atoms with Crippen molar-refractivity contribution in [2.75, 3.05) is 12.3 Å². The van der Waals surface area contributed by atoms with Crippen LogP contribution in [0.25, 0.3) is 0 Å². The summed E-state index contributed by atoms with van der Waals surface area (Å²) in [5, 5.41) is 3.66. The van der Waals surface area contributed by atoms with Gasteiger partial charge in [-0.15, -0.1) is 0 Å². The van der Waals surface area contributed by atoms with Gasteiger partial charge in [0, 0.05) is 11.0 Å². The molecule has 0 fully saturated rings. The van der Waals surface area contributed by atoms with Gasteiger partial charge in [0.15, 0.2) is 0 Å². The lowest BCUT2D eigenvalue weighted by molar-refractivity contribution is -0.119. The Bertz CT molecular complexity index is 153. The van der Waals surface area contributed by atoms with Gasteiger partial charge in [-0.05, 0) is 13.0 Å². The van der Waals surface area contributed by atoms with E-state index in [1.165, 1.54) is 0 Å². The number of nitrogens with two attached hydrogens (primary N) is 1. The molecule has 0 rings (SSSR count). The zero-order valence-electron chi connectivity index (χ0n) is 8.67. The molecule has 0 bridgehead atoms. The number of thioether (sulfide) groups is 1. The van der Waals surface area contributed by atoms with E-state index in [1.807, 2.05) is 6.92 Å². The van der Waals surface area contributed by atoms with E-state index in [4.69, 9.17) is 5.73 Å². The third kappa shape index (κ3) is 5.93. The first kappa shape index (κ1) is 12.8. The van der Waals surface area contributed by atoms with Crippen molar-refractivity contribution >= 4 is 17.7 Å². The molecule has 78 valence electrons. The van der Waals surface area contributed by atoms with E-state index >= 15 is 0 Å². The molecular formula is C9H20N2OS. The number of carbonyl (C=O) groups is 1. The fraction of sp³-hybridized carbons (Fsp3) is 0.889. The Hall–Kier alpha value is -0.220. The number of nitrogens with one attached hydrogen (secondary N) is 1. The molecule has 0 aromatic heterocycles. The van der Waals surface area contributed by atoms with Gasteiger partial charge in [-0.25, -0.2) is 0 Å². The predicted octanol–water partition coefficient (Wildman–Crippen LogP) is 0.981. The SMILES string of the molecule is CCNC(CSC(C)CC)C(N)=O. The average Bonchev–Trinajstić information content (AvgIpc) is 2.11. The summed E-state index contributed by atoms with van der Waals surface area (Å²) in [7, 11) is 0. The van der Waals surface area contributed by atoms with Crippen molar-refractivity contribution in [3.8, 4) is 0 Å². The molecule has 0 aromatic carbocycles. The lowest BCUT2D eigenvalue weighted by atomic mass is 10.3. The zero-order chi connectivity index (χ0) is 10.3. The third-order valence-corrected chi connectivity index (χ3v) is 3.34. The molecule has 3 nitrogen and oxygen atoms in total. The van der Waals surface area contributed by atoms with Crippen LogP contribution < -0.4 is 11.1 Å². The molecule has 0 aliphatic rings. The van der Waals surface area contributed by atoms with Crippen LogP contribution >= 0.6 is 11.8 Å². The van der Waals surface area contributed by atoms with Crippen molar-refractivity contribution in [2.24, 2.45) is 5.73 Å². The molecule has 0 aromatic rings. The van der Waals surface area contributed by atoms with Crippen molar-refractivity contribution < 1.29 is 4.79 Å². The van der Waals surface area contributed by atoms with E-state index in [9.17, 15) is 4.79 Å². The quantitative estimate of drug-likeness (QED) is 0.650. The maximum Gasteiger partial charge on any atom is 0.235 e. The maximum atomic E-state index is 10.9. The molecule has 4 heteroatoms. The topological polar surface area (TPSA) is 55.1 Å². The van der Waals surface area contributed by atoms with Gasteiger partial charge in [-0.1, -0.05) is 20.8 Å².